The molecule has 1 heterocycles. The second-order valence-electron chi connectivity index (χ2n) is 8.28. The standard InChI is InChI=1S/C22H22ClFN4O4/c23-16-4-3-15(5-17(16)24)32-11-19(29)28-18-8-22(6-13(18)7-22)21(31)27-10-14-2-1-12(9-26-14)20(25)30/h1-5,9,13,18H,6-8,10-11H2,(H2,25,30)(H,27,31)(H,28,29)/t13?,18-,22?/m0/s1. The maximum atomic E-state index is 13.5. The van der Waals surface area contributed by atoms with Crippen LogP contribution in [0.15, 0.2) is 36.5 Å². The lowest BCUT2D eigenvalue weighted by molar-refractivity contribution is -0.135. The van der Waals surface area contributed by atoms with Gasteiger partial charge in [0.2, 0.25) is 11.8 Å². The Hall–Kier alpha value is -3.20. The molecule has 2 aromatic rings. The lowest BCUT2D eigenvalue weighted by Crippen LogP contribution is -2.44. The number of carbonyl (C=O) groups excluding carboxylic acids is 3. The summed E-state index contributed by atoms with van der Waals surface area (Å²) in [7, 11) is 0. The second kappa shape index (κ2) is 8.74. The van der Waals surface area contributed by atoms with Crippen LogP contribution in [0.3, 0.4) is 0 Å². The predicted octanol–water partition coefficient (Wildman–Crippen LogP) is 1.95. The number of amides is 3. The molecule has 32 heavy (non-hydrogen) atoms. The van der Waals surface area contributed by atoms with E-state index in [0.29, 0.717) is 30.5 Å². The van der Waals surface area contributed by atoms with Gasteiger partial charge in [0.05, 0.1) is 28.2 Å². The number of pyridine rings is 1. The highest BCUT2D eigenvalue weighted by Crippen LogP contribution is 2.58. The third-order valence-corrected chi connectivity index (χ3v) is 6.42. The number of halogens is 2. The molecule has 1 aromatic carbocycles. The minimum absolute atomic E-state index is 0.0189. The van der Waals surface area contributed by atoms with Gasteiger partial charge in [-0.3, -0.25) is 19.4 Å². The van der Waals surface area contributed by atoms with E-state index in [1.54, 1.807) is 12.1 Å². The molecular formula is C22H22ClFN4O4. The van der Waals surface area contributed by atoms with Gasteiger partial charge in [-0.05, 0) is 49.4 Å². The lowest BCUT2D eigenvalue weighted by Gasteiger charge is -2.36. The van der Waals surface area contributed by atoms with Gasteiger partial charge in [0.15, 0.2) is 6.61 Å². The van der Waals surface area contributed by atoms with Gasteiger partial charge in [0.25, 0.3) is 5.91 Å². The van der Waals surface area contributed by atoms with Crippen molar-refractivity contribution in [1.82, 2.24) is 15.6 Å². The number of fused-ring (bicyclic) bond motifs is 1. The van der Waals surface area contributed by atoms with Crippen molar-refractivity contribution in [3.05, 3.63) is 58.6 Å². The van der Waals surface area contributed by atoms with E-state index in [4.69, 9.17) is 22.1 Å². The maximum Gasteiger partial charge on any atom is 0.258 e. The van der Waals surface area contributed by atoms with Gasteiger partial charge < -0.3 is 21.1 Å². The first-order chi connectivity index (χ1) is 15.3. The van der Waals surface area contributed by atoms with E-state index in [-0.39, 0.29) is 47.7 Å². The van der Waals surface area contributed by atoms with E-state index in [2.05, 4.69) is 15.6 Å². The van der Waals surface area contributed by atoms with Crippen LogP contribution in [0.2, 0.25) is 5.02 Å². The first kappa shape index (κ1) is 22.0. The molecule has 3 saturated carbocycles. The summed E-state index contributed by atoms with van der Waals surface area (Å²) in [6.07, 6.45) is 3.35. The van der Waals surface area contributed by atoms with Crippen LogP contribution in [-0.4, -0.2) is 35.4 Å². The molecule has 0 radical (unpaired) electrons. The summed E-state index contributed by atoms with van der Waals surface area (Å²) >= 11 is 5.63. The summed E-state index contributed by atoms with van der Waals surface area (Å²) in [4.78, 5) is 40.2. The molecule has 2 bridgehead atoms. The number of nitrogens with two attached hydrogens (primary N) is 1. The molecule has 3 aliphatic carbocycles. The highest BCUT2D eigenvalue weighted by molar-refractivity contribution is 6.30. The summed E-state index contributed by atoms with van der Waals surface area (Å²) in [5, 5.41) is 5.80. The Morgan fingerprint density at radius 2 is 2.00 bits per heavy atom. The lowest BCUT2D eigenvalue weighted by atomic mass is 9.69. The van der Waals surface area contributed by atoms with Crippen LogP contribution in [0.25, 0.3) is 0 Å². The highest BCUT2D eigenvalue weighted by Gasteiger charge is 2.60. The van der Waals surface area contributed by atoms with Crippen LogP contribution >= 0.6 is 11.6 Å². The Balaban J connectivity index is 1.24. The number of aromatic nitrogens is 1. The Bertz CT molecular complexity index is 1060. The van der Waals surface area contributed by atoms with Crippen LogP contribution in [0, 0.1) is 17.2 Å². The summed E-state index contributed by atoms with van der Waals surface area (Å²) in [6.45, 7) is -0.0106. The number of nitrogens with zero attached hydrogens (tertiary/aromatic N) is 1. The zero-order chi connectivity index (χ0) is 22.9. The topological polar surface area (TPSA) is 123 Å². The van der Waals surface area contributed by atoms with Gasteiger partial charge in [-0.2, -0.15) is 0 Å². The minimum Gasteiger partial charge on any atom is -0.484 e. The molecule has 4 N–H and O–H groups in total. The van der Waals surface area contributed by atoms with Crippen LogP contribution in [0.1, 0.15) is 35.3 Å². The molecule has 8 nitrogen and oxygen atoms in total. The van der Waals surface area contributed by atoms with Crippen molar-refractivity contribution in [2.45, 2.75) is 31.8 Å². The first-order valence-corrected chi connectivity index (χ1v) is 10.5. The van der Waals surface area contributed by atoms with Crippen molar-refractivity contribution in [3.63, 3.8) is 0 Å². The second-order valence-corrected chi connectivity index (χ2v) is 8.68. The van der Waals surface area contributed by atoms with E-state index in [0.717, 1.165) is 6.07 Å². The van der Waals surface area contributed by atoms with Crippen LogP contribution in [0.4, 0.5) is 4.39 Å². The third kappa shape index (κ3) is 4.52. The fourth-order valence-corrected chi connectivity index (χ4v) is 4.54. The van der Waals surface area contributed by atoms with Gasteiger partial charge in [-0.1, -0.05) is 11.6 Å². The van der Waals surface area contributed by atoms with Crippen molar-refractivity contribution in [1.29, 1.82) is 0 Å². The molecule has 5 rings (SSSR count). The molecule has 1 aromatic heterocycles. The highest BCUT2D eigenvalue weighted by atomic mass is 35.5. The van der Waals surface area contributed by atoms with E-state index in [1.807, 2.05) is 0 Å². The number of nitrogens with one attached hydrogen (secondary N) is 2. The minimum atomic E-state index is -0.617. The normalized spacial score (nSPS) is 23.2. The van der Waals surface area contributed by atoms with Crippen molar-refractivity contribution in [2.24, 2.45) is 17.1 Å². The molecule has 0 saturated heterocycles. The van der Waals surface area contributed by atoms with E-state index in [9.17, 15) is 18.8 Å². The smallest absolute Gasteiger partial charge is 0.258 e. The monoisotopic (exact) mass is 460 g/mol. The number of primary amides is 1. The van der Waals surface area contributed by atoms with Crippen LogP contribution in [0.5, 0.6) is 5.75 Å². The zero-order valence-corrected chi connectivity index (χ0v) is 17.8. The first-order valence-electron chi connectivity index (χ1n) is 10.2. The fourth-order valence-electron chi connectivity index (χ4n) is 4.43. The molecule has 0 unspecified atom stereocenters. The SMILES string of the molecule is NC(=O)c1ccc(CNC(=O)C23CC(C2)[C@@H](NC(=O)COc2ccc(Cl)c(F)c2)C3)nc1. The quantitative estimate of drug-likeness (QED) is 0.555. The van der Waals surface area contributed by atoms with Crippen molar-refractivity contribution < 1.29 is 23.5 Å². The molecule has 1 atom stereocenters. The van der Waals surface area contributed by atoms with Gasteiger partial charge in [-0.15, -0.1) is 0 Å². The average Bonchev–Trinajstić information content (AvgIpc) is 3.28. The number of benzene rings is 1. The largest absolute Gasteiger partial charge is 0.484 e. The third-order valence-electron chi connectivity index (χ3n) is 6.11. The molecule has 168 valence electrons. The van der Waals surface area contributed by atoms with E-state index in [1.165, 1.54) is 18.3 Å². The molecule has 3 amide bonds. The summed E-state index contributed by atoms with van der Waals surface area (Å²) in [5.41, 5.74) is 5.63. The summed E-state index contributed by atoms with van der Waals surface area (Å²) in [5.74, 6) is -1.12. The Morgan fingerprint density at radius 1 is 1.22 bits per heavy atom. The van der Waals surface area contributed by atoms with Crippen LogP contribution < -0.4 is 21.1 Å². The van der Waals surface area contributed by atoms with Crippen molar-refractivity contribution in [2.75, 3.05) is 6.61 Å². The number of ether oxygens (including phenoxy) is 1. The maximum absolute atomic E-state index is 13.5. The molecular weight excluding hydrogens is 439 g/mol. The molecule has 0 spiro atoms. The summed E-state index contributed by atoms with van der Waals surface area (Å²) in [6, 6.07) is 7.08. The van der Waals surface area contributed by atoms with E-state index >= 15 is 0 Å². The Morgan fingerprint density at radius 3 is 2.66 bits per heavy atom. The average molecular weight is 461 g/mol. The molecule has 0 aliphatic heterocycles. The Labute approximate surface area is 188 Å². The van der Waals surface area contributed by atoms with E-state index < -0.39 is 17.1 Å². The van der Waals surface area contributed by atoms with Crippen LogP contribution in [-0.2, 0) is 16.1 Å². The molecule has 3 aliphatic rings. The number of rotatable bonds is 8. The summed E-state index contributed by atoms with van der Waals surface area (Å²) < 4.78 is 18.8. The van der Waals surface area contributed by atoms with Crippen molar-refractivity contribution in [3.8, 4) is 5.75 Å². The molecule has 3 fully saturated rings. The Kier molecular flexibility index (Phi) is 6.01. The van der Waals surface area contributed by atoms with Gasteiger partial charge in [0, 0.05) is 18.3 Å². The number of carbonyl (C=O) groups is 3. The van der Waals surface area contributed by atoms with Gasteiger partial charge in [0.1, 0.15) is 11.6 Å². The predicted molar refractivity (Wildman–Crippen MR) is 113 cm³/mol. The fraction of sp³-hybridized carbons (Fsp3) is 0.364. The number of hydrogen-bond acceptors (Lipinski definition) is 5. The van der Waals surface area contributed by atoms with Crippen molar-refractivity contribution >= 4 is 29.3 Å². The zero-order valence-electron chi connectivity index (χ0n) is 17.1. The van der Waals surface area contributed by atoms with Gasteiger partial charge in [-0.25, -0.2) is 4.39 Å². The van der Waals surface area contributed by atoms with Gasteiger partial charge >= 0.3 is 0 Å². The number of hydrogen-bond donors (Lipinski definition) is 3. The molecule has 10 heteroatoms.